The third kappa shape index (κ3) is 2.64. The van der Waals surface area contributed by atoms with Crippen LogP contribution in [0.2, 0.25) is 0 Å². The Balaban J connectivity index is 1.36. The molecule has 6 nitrogen and oxygen atoms in total. The zero-order chi connectivity index (χ0) is 17.7. The molecule has 1 amide bonds. The van der Waals surface area contributed by atoms with Gasteiger partial charge in [-0.3, -0.25) is 14.2 Å². The van der Waals surface area contributed by atoms with Crippen LogP contribution in [0.4, 0.5) is 5.13 Å². The van der Waals surface area contributed by atoms with Gasteiger partial charge in [0.2, 0.25) is 5.91 Å². The second-order valence-corrected chi connectivity index (χ2v) is 8.57. The van der Waals surface area contributed by atoms with Crippen molar-refractivity contribution in [2.24, 2.45) is 0 Å². The summed E-state index contributed by atoms with van der Waals surface area (Å²) in [5, 5.41) is 4.24. The number of hydrogen-bond donors (Lipinski definition) is 1. The van der Waals surface area contributed by atoms with E-state index in [-0.39, 0.29) is 23.9 Å². The summed E-state index contributed by atoms with van der Waals surface area (Å²) >= 11 is 3.03. The zero-order valence-electron chi connectivity index (χ0n) is 13.9. The molecule has 26 heavy (non-hydrogen) atoms. The fourth-order valence-electron chi connectivity index (χ4n) is 3.61. The van der Waals surface area contributed by atoms with Crippen LogP contribution in [0, 0.1) is 0 Å². The zero-order valence-corrected chi connectivity index (χ0v) is 15.5. The highest BCUT2D eigenvalue weighted by Gasteiger charge is 2.31. The Hall–Kier alpha value is -2.19. The van der Waals surface area contributed by atoms with Crippen LogP contribution in [0.5, 0.6) is 0 Å². The van der Waals surface area contributed by atoms with Crippen LogP contribution in [0.3, 0.4) is 0 Å². The van der Waals surface area contributed by atoms with Crippen LogP contribution in [0.15, 0.2) is 34.2 Å². The molecule has 132 valence electrons. The summed E-state index contributed by atoms with van der Waals surface area (Å²) in [5.41, 5.74) is 2.72. The normalized spacial score (nSPS) is 18.1. The first kappa shape index (κ1) is 16.0. The van der Waals surface area contributed by atoms with Gasteiger partial charge in [-0.1, -0.05) is 35.2 Å². The Morgan fingerprint density at radius 2 is 2.15 bits per heavy atom. The molecule has 0 radical (unpaired) electrons. The standard InChI is InChI=1S/C18H16N4O2S2/c23-15(21-17-19-13-5-1-2-7-14(13)26-17)8-10-9-25-18-20-12-6-3-4-11(12)16(24)22(10)18/h1-2,5,7,10H,3-4,6,8-9H2,(H,19,21,23). The van der Waals surface area contributed by atoms with Crippen LogP contribution in [-0.2, 0) is 17.6 Å². The van der Waals surface area contributed by atoms with E-state index < -0.39 is 0 Å². The molecule has 0 bridgehead atoms. The van der Waals surface area contributed by atoms with Crippen molar-refractivity contribution >= 4 is 44.4 Å². The lowest BCUT2D eigenvalue weighted by Gasteiger charge is -2.13. The SMILES string of the molecule is O=C(CC1CSc2nc3c(c(=O)n21)CCC3)Nc1nc2ccccc2s1. The number of nitrogens with one attached hydrogen (secondary N) is 1. The second-order valence-electron chi connectivity index (χ2n) is 6.55. The number of aryl methyl sites for hydroxylation is 1. The minimum Gasteiger partial charge on any atom is -0.302 e. The Morgan fingerprint density at radius 1 is 1.27 bits per heavy atom. The van der Waals surface area contributed by atoms with Gasteiger partial charge in [-0.25, -0.2) is 9.97 Å². The summed E-state index contributed by atoms with van der Waals surface area (Å²) in [6, 6.07) is 7.65. The number of benzene rings is 1. The summed E-state index contributed by atoms with van der Waals surface area (Å²) in [6.07, 6.45) is 2.95. The van der Waals surface area contributed by atoms with Crippen LogP contribution >= 0.6 is 23.1 Å². The van der Waals surface area contributed by atoms with E-state index >= 15 is 0 Å². The quantitative estimate of drug-likeness (QED) is 0.703. The van der Waals surface area contributed by atoms with Crippen LogP contribution < -0.4 is 10.9 Å². The molecule has 0 spiro atoms. The summed E-state index contributed by atoms with van der Waals surface area (Å²) in [5.74, 6) is 0.591. The molecule has 8 heteroatoms. The van der Waals surface area contributed by atoms with Crippen molar-refractivity contribution in [3.05, 3.63) is 45.9 Å². The molecule has 0 saturated heterocycles. The first-order chi connectivity index (χ1) is 12.7. The number of carbonyl (C=O) groups is 1. The van der Waals surface area contributed by atoms with Gasteiger partial charge in [0.15, 0.2) is 10.3 Å². The minimum atomic E-state index is -0.143. The summed E-state index contributed by atoms with van der Waals surface area (Å²) in [7, 11) is 0. The second kappa shape index (κ2) is 6.21. The maximum atomic E-state index is 12.8. The summed E-state index contributed by atoms with van der Waals surface area (Å²) < 4.78 is 2.77. The number of nitrogens with zero attached hydrogens (tertiary/aromatic N) is 3. The maximum Gasteiger partial charge on any atom is 0.257 e. The fraction of sp³-hybridized carbons (Fsp3) is 0.333. The molecule has 1 unspecified atom stereocenters. The highest BCUT2D eigenvalue weighted by Crippen LogP contribution is 2.34. The summed E-state index contributed by atoms with van der Waals surface area (Å²) in [6.45, 7) is 0. The first-order valence-corrected chi connectivity index (χ1v) is 10.4. The maximum absolute atomic E-state index is 12.8. The van der Waals surface area contributed by atoms with Crippen LogP contribution in [-0.4, -0.2) is 26.2 Å². The number of thioether (sulfide) groups is 1. The molecule has 2 aromatic heterocycles. The van der Waals surface area contributed by atoms with Crippen molar-refractivity contribution in [1.29, 1.82) is 0 Å². The number of para-hydroxylation sites is 1. The van der Waals surface area contributed by atoms with Gasteiger partial charge in [-0.2, -0.15) is 0 Å². The molecule has 3 heterocycles. The number of amides is 1. The smallest absolute Gasteiger partial charge is 0.257 e. The number of rotatable bonds is 3. The van der Waals surface area contributed by atoms with E-state index in [2.05, 4.69) is 15.3 Å². The van der Waals surface area contributed by atoms with Gasteiger partial charge < -0.3 is 5.32 Å². The van der Waals surface area contributed by atoms with Gasteiger partial charge in [0.05, 0.1) is 22.0 Å². The molecule has 1 aliphatic heterocycles. The van der Waals surface area contributed by atoms with Crippen molar-refractivity contribution in [2.75, 3.05) is 11.1 Å². The van der Waals surface area contributed by atoms with E-state index in [0.717, 1.165) is 45.9 Å². The molecular formula is C18H16N4O2S2. The molecule has 1 N–H and O–H groups in total. The summed E-state index contributed by atoms with van der Waals surface area (Å²) in [4.78, 5) is 34.4. The van der Waals surface area contributed by atoms with Gasteiger partial charge in [-0.05, 0) is 31.4 Å². The molecular weight excluding hydrogens is 368 g/mol. The number of hydrogen-bond acceptors (Lipinski definition) is 6. The van der Waals surface area contributed by atoms with Crippen molar-refractivity contribution in [3.63, 3.8) is 0 Å². The third-order valence-electron chi connectivity index (χ3n) is 4.83. The van der Waals surface area contributed by atoms with Crippen LogP contribution in [0.1, 0.15) is 30.1 Å². The minimum absolute atomic E-state index is 0.0466. The van der Waals surface area contributed by atoms with E-state index in [1.165, 1.54) is 11.3 Å². The average molecular weight is 384 g/mol. The van der Waals surface area contributed by atoms with Crippen molar-refractivity contribution in [2.45, 2.75) is 36.9 Å². The number of fused-ring (bicyclic) bond motifs is 3. The Bertz CT molecular complexity index is 1060. The average Bonchev–Trinajstić information content (AvgIpc) is 3.33. The number of thiazole rings is 1. The molecule has 0 saturated carbocycles. The van der Waals surface area contributed by atoms with Gasteiger partial charge in [-0.15, -0.1) is 0 Å². The number of anilines is 1. The molecule has 1 atom stereocenters. The molecule has 2 aliphatic rings. The molecule has 0 fully saturated rings. The lowest BCUT2D eigenvalue weighted by molar-refractivity contribution is -0.116. The van der Waals surface area contributed by atoms with Gasteiger partial charge in [0.25, 0.3) is 5.56 Å². The predicted octanol–water partition coefficient (Wildman–Crippen LogP) is 3.02. The monoisotopic (exact) mass is 384 g/mol. The highest BCUT2D eigenvalue weighted by atomic mass is 32.2. The van der Waals surface area contributed by atoms with E-state index in [0.29, 0.717) is 10.9 Å². The van der Waals surface area contributed by atoms with E-state index in [4.69, 9.17) is 0 Å². The Kier molecular flexibility index (Phi) is 3.82. The topological polar surface area (TPSA) is 76.9 Å². The van der Waals surface area contributed by atoms with E-state index in [1.807, 2.05) is 24.3 Å². The number of aromatic nitrogens is 3. The Morgan fingerprint density at radius 3 is 3.04 bits per heavy atom. The highest BCUT2D eigenvalue weighted by molar-refractivity contribution is 7.99. The largest absolute Gasteiger partial charge is 0.302 e. The van der Waals surface area contributed by atoms with Crippen LogP contribution in [0.25, 0.3) is 10.2 Å². The number of carbonyl (C=O) groups excluding carboxylic acids is 1. The molecule has 5 rings (SSSR count). The fourth-order valence-corrected chi connectivity index (χ4v) is 5.65. The van der Waals surface area contributed by atoms with Crippen molar-refractivity contribution in [3.8, 4) is 0 Å². The van der Waals surface area contributed by atoms with E-state index in [1.54, 1.807) is 16.3 Å². The van der Waals surface area contributed by atoms with Crippen molar-refractivity contribution in [1.82, 2.24) is 14.5 Å². The predicted molar refractivity (Wildman–Crippen MR) is 103 cm³/mol. The van der Waals surface area contributed by atoms with E-state index in [9.17, 15) is 9.59 Å². The lowest BCUT2D eigenvalue weighted by atomic mass is 10.2. The van der Waals surface area contributed by atoms with Gasteiger partial charge >= 0.3 is 0 Å². The molecule has 3 aromatic rings. The van der Waals surface area contributed by atoms with Gasteiger partial charge in [0, 0.05) is 17.7 Å². The molecule has 1 aromatic carbocycles. The lowest BCUT2D eigenvalue weighted by Crippen LogP contribution is -2.30. The van der Waals surface area contributed by atoms with Crippen molar-refractivity contribution < 1.29 is 4.79 Å². The third-order valence-corrected chi connectivity index (χ3v) is 6.88. The first-order valence-electron chi connectivity index (χ1n) is 8.61. The molecule has 1 aliphatic carbocycles. The van der Waals surface area contributed by atoms with Gasteiger partial charge in [0.1, 0.15) is 0 Å². The Labute approximate surface area is 157 Å².